The Hall–Kier alpha value is -1.58. The Morgan fingerprint density at radius 2 is 1.72 bits per heavy atom. The quantitative estimate of drug-likeness (QED) is 0.921. The highest BCUT2D eigenvalue weighted by molar-refractivity contribution is 6.30. The zero-order chi connectivity index (χ0) is 13.1. The Kier molecular flexibility index (Phi) is 3.84. The highest BCUT2D eigenvalue weighted by Crippen LogP contribution is 2.25. The lowest BCUT2D eigenvalue weighted by Crippen LogP contribution is -2.12. The second-order valence-corrected chi connectivity index (χ2v) is 4.36. The maximum atomic E-state index is 13.6. The van der Waals surface area contributed by atoms with Gasteiger partial charge in [-0.3, -0.25) is 0 Å². The van der Waals surface area contributed by atoms with Crippen molar-refractivity contribution < 1.29 is 9.13 Å². The van der Waals surface area contributed by atoms with Crippen LogP contribution in [0.5, 0.6) is 5.75 Å². The minimum absolute atomic E-state index is 0.210. The fraction of sp³-hybridized carbons (Fsp3) is 0.143. The van der Waals surface area contributed by atoms with E-state index in [1.54, 1.807) is 24.3 Å². The summed E-state index contributed by atoms with van der Waals surface area (Å²) in [6.07, 6.45) is 0. The van der Waals surface area contributed by atoms with Crippen LogP contribution in [0.25, 0.3) is 0 Å². The standard InChI is InChI=1S/C14H13ClFNO/c1-18-13-7-4-10(8-12(13)16)14(17)9-2-5-11(15)6-3-9/h2-8,14H,17H2,1H3. The van der Waals surface area contributed by atoms with Crippen molar-refractivity contribution in [2.24, 2.45) is 5.73 Å². The number of hydrogen-bond acceptors (Lipinski definition) is 2. The van der Waals surface area contributed by atoms with Gasteiger partial charge in [-0.05, 0) is 35.4 Å². The molecule has 0 radical (unpaired) electrons. The van der Waals surface area contributed by atoms with E-state index in [0.29, 0.717) is 10.6 Å². The fourth-order valence-corrected chi connectivity index (χ4v) is 1.86. The molecule has 2 rings (SSSR count). The van der Waals surface area contributed by atoms with Crippen LogP contribution in [0.2, 0.25) is 5.02 Å². The number of ether oxygens (including phenoxy) is 1. The van der Waals surface area contributed by atoms with E-state index < -0.39 is 5.82 Å². The van der Waals surface area contributed by atoms with Crippen LogP contribution in [-0.4, -0.2) is 7.11 Å². The first-order chi connectivity index (χ1) is 8.61. The predicted octanol–water partition coefficient (Wildman–Crippen LogP) is 3.54. The molecule has 0 saturated heterocycles. The van der Waals surface area contributed by atoms with Crippen molar-refractivity contribution in [1.29, 1.82) is 0 Å². The van der Waals surface area contributed by atoms with Crippen LogP contribution in [0.3, 0.4) is 0 Å². The summed E-state index contributed by atoms with van der Waals surface area (Å²) in [5, 5.41) is 0.645. The molecule has 94 valence electrons. The molecule has 2 aromatic carbocycles. The SMILES string of the molecule is COc1ccc(C(N)c2ccc(Cl)cc2)cc1F. The van der Waals surface area contributed by atoms with E-state index in [4.69, 9.17) is 22.1 Å². The lowest BCUT2D eigenvalue weighted by molar-refractivity contribution is 0.386. The van der Waals surface area contributed by atoms with Crippen molar-refractivity contribution in [2.75, 3.05) is 7.11 Å². The van der Waals surface area contributed by atoms with Gasteiger partial charge >= 0.3 is 0 Å². The largest absolute Gasteiger partial charge is 0.494 e. The summed E-state index contributed by atoms with van der Waals surface area (Å²) in [5.74, 6) is -0.207. The molecule has 0 aliphatic carbocycles. The van der Waals surface area contributed by atoms with Crippen molar-refractivity contribution in [3.05, 3.63) is 64.4 Å². The lowest BCUT2D eigenvalue weighted by atomic mass is 9.99. The zero-order valence-electron chi connectivity index (χ0n) is 9.86. The van der Waals surface area contributed by atoms with Gasteiger partial charge in [-0.25, -0.2) is 4.39 Å². The van der Waals surface area contributed by atoms with Crippen molar-refractivity contribution >= 4 is 11.6 Å². The van der Waals surface area contributed by atoms with Gasteiger partial charge in [-0.1, -0.05) is 29.8 Å². The van der Waals surface area contributed by atoms with Crippen molar-refractivity contribution in [3.8, 4) is 5.75 Å². The van der Waals surface area contributed by atoms with Gasteiger partial charge in [-0.2, -0.15) is 0 Å². The summed E-state index contributed by atoms with van der Waals surface area (Å²) >= 11 is 5.81. The highest BCUT2D eigenvalue weighted by Gasteiger charge is 2.11. The normalized spacial score (nSPS) is 12.2. The van der Waals surface area contributed by atoms with Crippen LogP contribution in [0.15, 0.2) is 42.5 Å². The first-order valence-corrected chi connectivity index (χ1v) is 5.84. The molecule has 0 spiro atoms. The molecular formula is C14H13ClFNO. The van der Waals surface area contributed by atoms with Gasteiger partial charge in [0, 0.05) is 5.02 Å². The summed E-state index contributed by atoms with van der Waals surface area (Å²) < 4.78 is 18.5. The first kappa shape index (κ1) is 12.9. The number of nitrogens with two attached hydrogens (primary N) is 1. The minimum atomic E-state index is -0.417. The molecule has 4 heteroatoms. The fourth-order valence-electron chi connectivity index (χ4n) is 1.74. The Balaban J connectivity index is 2.31. The van der Waals surface area contributed by atoms with E-state index in [1.165, 1.54) is 13.2 Å². The Morgan fingerprint density at radius 3 is 2.28 bits per heavy atom. The number of rotatable bonds is 3. The van der Waals surface area contributed by atoms with E-state index in [-0.39, 0.29) is 11.8 Å². The molecule has 0 bridgehead atoms. The highest BCUT2D eigenvalue weighted by atomic mass is 35.5. The van der Waals surface area contributed by atoms with E-state index in [0.717, 1.165) is 5.56 Å². The molecule has 2 aromatic rings. The van der Waals surface area contributed by atoms with Crippen LogP contribution >= 0.6 is 11.6 Å². The van der Waals surface area contributed by atoms with E-state index >= 15 is 0 Å². The maximum absolute atomic E-state index is 13.6. The topological polar surface area (TPSA) is 35.2 Å². The molecule has 1 atom stereocenters. The van der Waals surface area contributed by atoms with Gasteiger partial charge in [0.25, 0.3) is 0 Å². The van der Waals surface area contributed by atoms with Gasteiger partial charge < -0.3 is 10.5 Å². The summed E-state index contributed by atoms with van der Waals surface area (Å²) in [7, 11) is 1.43. The van der Waals surface area contributed by atoms with Crippen molar-refractivity contribution in [3.63, 3.8) is 0 Å². The molecular weight excluding hydrogens is 253 g/mol. The summed E-state index contributed by atoms with van der Waals surface area (Å²) in [5.41, 5.74) is 7.65. The molecule has 0 saturated carbocycles. The van der Waals surface area contributed by atoms with E-state index in [9.17, 15) is 4.39 Å². The monoisotopic (exact) mass is 265 g/mol. The molecule has 2 nitrogen and oxygen atoms in total. The molecule has 0 aliphatic heterocycles. The average Bonchev–Trinajstić information content (AvgIpc) is 2.38. The molecule has 0 aliphatic rings. The summed E-state index contributed by atoms with van der Waals surface area (Å²) in [6, 6.07) is 11.5. The van der Waals surface area contributed by atoms with Crippen molar-refractivity contribution in [2.45, 2.75) is 6.04 Å². The van der Waals surface area contributed by atoms with Gasteiger partial charge in [0.2, 0.25) is 0 Å². The summed E-state index contributed by atoms with van der Waals surface area (Å²) in [4.78, 5) is 0. The first-order valence-electron chi connectivity index (χ1n) is 5.46. The number of halogens is 2. The van der Waals surface area contributed by atoms with Gasteiger partial charge in [0.1, 0.15) is 0 Å². The van der Waals surface area contributed by atoms with Crippen molar-refractivity contribution in [1.82, 2.24) is 0 Å². The van der Waals surface area contributed by atoms with Crippen LogP contribution in [0, 0.1) is 5.82 Å². The average molecular weight is 266 g/mol. The number of benzene rings is 2. The third-order valence-electron chi connectivity index (χ3n) is 2.76. The summed E-state index contributed by atoms with van der Waals surface area (Å²) in [6.45, 7) is 0. The second-order valence-electron chi connectivity index (χ2n) is 3.92. The van der Waals surface area contributed by atoms with Gasteiger partial charge in [0.05, 0.1) is 13.2 Å². The third kappa shape index (κ3) is 2.63. The third-order valence-corrected chi connectivity index (χ3v) is 3.02. The molecule has 0 heterocycles. The molecule has 0 fully saturated rings. The van der Waals surface area contributed by atoms with E-state index in [2.05, 4.69) is 0 Å². The number of hydrogen-bond donors (Lipinski definition) is 1. The Morgan fingerprint density at radius 1 is 1.11 bits per heavy atom. The van der Waals surface area contributed by atoms with Crippen LogP contribution in [0.4, 0.5) is 4.39 Å². The number of methoxy groups -OCH3 is 1. The molecule has 0 aromatic heterocycles. The lowest BCUT2D eigenvalue weighted by Gasteiger charge is -2.13. The minimum Gasteiger partial charge on any atom is -0.494 e. The second kappa shape index (κ2) is 5.38. The molecule has 0 amide bonds. The van der Waals surface area contributed by atoms with Gasteiger partial charge in [0.15, 0.2) is 11.6 Å². The van der Waals surface area contributed by atoms with Crippen LogP contribution in [0.1, 0.15) is 17.2 Å². The maximum Gasteiger partial charge on any atom is 0.165 e. The van der Waals surface area contributed by atoms with Crippen LogP contribution in [-0.2, 0) is 0 Å². The van der Waals surface area contributed by atoms with Gasteiger partial charge in [-0.15, -0.1) is 0 Å². The predicted molar refractivity (Wildman–Crippen MR) is 70.4 cm³/mol. The molecule has 2 N–H and O–H groups in total. The Labute approximate surface area is 110 Å². The van der Waals surface area contributed by atoms with E-state index in [1.807, 2.05) is 12.1 Å². The smallest absolute Gasteiger partial charge is 0.165 e. The Bertz CT molecular complexity index is 542. The van der Waals surface area contributed by atoms with Crippen LogP contribution < -0.4 is 10.5 Å². The molecule has 1 unspecified atom stereocenters. The zero-order valence-corrected chi connectivity index (χ0v) is 10.6. The molecule has 18 heavy (non-hydrogen) atoms.